The van der Waals surface area contributed by atoms with Gasteiger partial charge in [-0.3, -0.25) is 0 Å². The Bertz CT molecular complexity index is 471. The van der Waals surface area contributed by atoms with Gasteiger partial charge in [-0.25, -0.2) is 9.97 Å². The van der Waals surface area contributed by atoms with Gasteiger partial charge in [0.05, 0.1) is 17.6 Å². The molecule has 4 rings (SSSR count). The maximum absolute atomic E-state index is 5.02. The highest BCUT2D eigenvalue weighted by Crippen LogP contribution is 2.44. The monoisotopic (exact) mass is 272 g/mol. The summed E-state index contributed by atoms with van der Waals surface area (Å²) in [4.78, 5) is 12.2. The summed E-state index contributed by atoms with van der Waals surface area (Å²) < 4.78 is 0. The van der Waals surface area contributed by atoms with E-state index in [1.165, 1.54) is 49.9 Å². The van der Waals surface area contributed by atoms with Crippen molar-refractivity contribution in [3.8, 4) is 0 Å². The second-order valence-electron chi connectivity index (χ2n) is 6.49. The molecular weight excluding hydrogens is 248 g/mol. The summed E-state index contributed by atoms with van der Waals surface area (Å²) in [7, 11) is 0. The van der Waals surface area contributed by atoms with Crippen LogP contribution in [0.2, 0.25) is 0 Å². The molecule has 1 aliphatic heterocycles. The van der Waals surface area contributed by atoms with Gasteiger partial charge in [0.1, 0.15) is 5.82 Å². The number of hydrogen-bond acceptors (Lipinski definition) is 4. The fourth-order valence-corrected chi connectivity index (χ4v) is 3.59. The summed E-state index contributed by atoms with van der Waals surface area (Å²) in [5, 5.41) is 3.42. The zero-order valence-electron chi connectivity index (χ0n) is 12.1. The number of nitrogens with one attached hydrogen (secondary N) is 1. The van der Waals surface area contributed by atoms with E-state index < -0.39 is 0 Å². The van der Waals surface area contributed by atoms with Crippen LogP contribution in [-0.2, 0) is 0 Å². The Morgan fingerprint density at radius 1 is 1.00 bits per heavy atom. The largest absolute Gasteiger partial charge is 0.366 e. The third-order valence-electron chi connectivity index (χ3n) is 4.96. The molecule has 0 radical (unpaired) electrons. The Labute approximate surface area is 121 Å². The van der Waals surface area contributed by atoms with E-state index in [0.717, 1.165) is 32.0 Å². The van der Waals surface area contributed by atoms with Crippen molar-refractivity contribution in [3.05, 3.63) is 17.7 Å². The number of aromatic nitrogens is 2. The minimum Gasteiger partial charge on any atom is -0.366 e. The van der Waals surface area contributed by atoms with Gasteiger partial charge in [0.15, 0.2) is 0 Å². The van der Waals surface area contributed by atoms with E-state index in [4.69, 9.17) is 9.97 Å². The lowest BCUT2D eigenvalue weighted by molar-refractivity contribution is 0.583. The lowest BCUT2D eigenvalue weighted by atomic mass is 10.1. The van der Waals surface area contributed by atoms with Crippen molar-refractivity contribution in [1.29, 1.82) is 0 Å². The van der Waals surface area contributed by atoms with Crippen LogP contribution in [0.1, 0.15) is 61.9 Å². The Kier molecular flexibility index (Phi) is 3.34. The van der Waals surface area contributed by atoms with Crippen LogP contribution in [0.3, 0.4) is 0 Å². The van der Waals surface area contributed by atoms with Gasteiger partial charge in [0, 0.05) is 38.0 Å². The molecule has 0 spiro atoms. The van der Waals surface area contributed by atoms with Crippen LogP contribution in [0, 0.1) is 0 Å². The molecule has 4 heteroatoms. The zero-order valence-corrected chi connectivity index (χ0v) is 12.1. The molecule has 0 bridgehead atoms. The quantitative estimate of drug-likeness (QED) is 0.917. The lowest BCUT2D eigenvalue weighted by Gasteiger charge is -2.30. The van der Waals surface area contributed by atoms with Crippen LogP contribution in [0.15, 0.2) is 6.20 Å². The highest BCUT2D eigenvalue weighted by Gasteiger charge is 2.31. The summed E-state index contributed by atoms with van der Waals surface area (Å²) >= 11 is 0. The van der Waals surface area contributed by atoms with Crippen LogP contribution >= 0.6 is 0 Å². The lowest BCUT2D eigenvalue weighted by Crippen LogP contribution is -2.44. The molecule has 1 N–H and O–H groups in total. The standard InChI is InChI=1S/C16H24N4/c1-2-4-13(3-1)16-18-11-14(15(19-16)12-5-6-12)20-9-7-17-8-10-20/h11-13,17H,1-10H2. The van der Waals surface area contributed by atoms with Crippen LogP contribution in [0.5, 0.6) is 0 Å². The average Bonchev–Trinajstić information content (AvgIpc) is 3.22. The predicted molar refractivity (Wildman–Crippen MR) is 80.3 cm³/mol. The fraction of sp³-hybridized carbons (Fsp3) is 0.750. The molecule has 3 fully saturated rings. The molecular formula is C16H24N4. The van der Waals surface area contributed by atoms with E-state index in [2.05, 4.69) is 16.4 Å². The first kappa shape index (κ1) is 12.6. The zero-order chi connectivity index (χ0) is 13.4. The van der Waals surface area contributed by atoms with E-state index in [9.17, 15) is 0 Å². The van der Waals surface area contributed by atoms with Gasteiger partial charge in [0.2, 0.25) is 0 Å². The van der Waals surface area contributed by atoms with Crippen molar-refractivity contribution in [1.82, 2.24) is 15.3 Å². The molecule has 0 aromatic carbocycles. The van der Waals surface area contributed by atoms with Crippen LogP contribution in [0.4, 0.5) is 5.69 Å². The molecule has 4 nitrogen and oxygen atoms in total. The molecule has 3 aliphatic rings. The van der Waals surface area contributed by atoms with Crippen molar-refractivity contribution in [2.75, 3.05) is 31.1 Å². The van der Waals surface area contributed by atoms with Gasteiger partial charge in [-0.05, 0) is 25.7 Å². The Balaban J connectivity index is 1.64. The molecule has 0 atom stereocenters. The Morgan fingerprint density at radius 2 is 1.75 bits per heavy atom. The predicted octanol–water partition coefficient (Wildman–Crippen LogP) is 2.42. The summed E-state index contributed by atoms with van der Waals surface area (Å²) in [5.41, 5.74) is 2.67. The van der Waals surface area contributed by atoms with Crippen molar-refractivity contribution >= 4 is 5.69 Å². The van der Waals surface area contributed by atoms with Gasteiger partial charge in [0.25, 0.3) is 0 Å². The van der Waals surface area contributed by atoms with Crippen molar-refractivity contribution in [2.45, 2.75) is 50.4 Å². The fourth-order valence-electron chi connectivity index (χ4n) is 3.59. The molecule has 0 amide bonds. The summed E-state index contributed by atoms with van der Waals surface area (Å²) in [5.74, 6) is 2.47. The summed E-state index contributed by atoms with van der Waals surface area (Å²) in [6.07, 6.45) is 10.0. The number of anilines is 1. The molecule has 20 heavy (non-hydrogen) atoms. The molecule has 108 valence electrons. The van der Waals surface area contributed by atoms with Crippen LogP contribution < -0.4 is 10.2 Å². The number of rotatable bonds is 3. The third-order valence-corrected chi connectivity index (χ3v) is 4.96. The number of hydrogen-bond donors (Lipinski definition) is 1. The molecule has 2 saturated carbocycles. The van der Waals surface area contributed by atoms with Crippen molar-refractivity contribution in [2.24, 2.45) is 0 Å². The maximum atomic E-state index is 5.02. The van der Waals surface area contributed by atoms with Gasteiger partial charge in [-0.1, -0.05) is 12.8 Å². The average molecular weight is 272 g/mol. The maximum Gasteiger partial charge on any atom is 0.131 e. The van der Waals surface area contributed by atoms with Gasteiger partial charge in [-0.15, -0.1) is 0 Å². The molecule has 0 unspecified atom stereocenters. The van der Waals surface area contributed by atoms with E-state index >= 15 is 0 Å². The highest BCUT2D eigenvalue weighted by atomic mass is 15.2. The van der Waals surface area contributed by atoms with Gasteiger partial charge >= 0.3 is 0 Å². The first-order valence-corrected chi connectivity index (χ1v) is 8.24. The van der Waals surface area contributed by atoms with Gasteiger partial charge in [-0.2, -0.15) is 0 Å². The Morgan fingerprint density at radius 3 is 2.45 bits per heavy atom. The van der Waals surface area contributed by atoms with Gasteiger partial charge < -0.3 is 10.2 Å². The smallest absolute Gasteiger partial charge is 0.131 e. The third kappa shape index (κ3) is 2.41. The summed E-state index contributed by atoms with van der Waals surface area (Å²) in [6, 6.07) is 0. The van der Waals surface area contributed by atoms with Crippen molar-refractivity contribution in [3.63, 3.8) is 0 Å². The minimum atomic E-state index is 0.629. The number of piperazine rings is 1. The Hall–Kier alpha value is -1.16. The topological polar surface area (TPSA) is 41.1 Å². The second-order valence-corrected chi connectivity index (χ2v) is 6.49. The first-order valence-electron chi connectivity index (χ1n) is 8.24. The minimum absolute atomic E-state index is 0.629. The SMILES string of the molecule is c1nc(C2CCCC2)nc(C2CC2)c1N1CCNCC1. The summed E-state index contributed by atoms with van der Waals surface area (Å²) in [6.45, 7) is 4.33. The first-order chi connectivity index (χ1) is 9.92. The van der Waals surface area contributed by atoms with Crippen LogP contribution in [-0.4, -0.2) is 36.1 Å². The number of nitrogens with zero attached hydrogens (tertiary/aromatic N) is 3. The molecule has 1 aromatic heterocycles. The molecule has 1 aromatic rings. The normalized spacial score (nSPS) is 24.3. The van der Waals surface area contributed by atoms with Crippen molar-refractivity contribution < 1.29 is 0 Å². The highest BCUT2D eigenvalue weighted by molar-refractivity contribution is 5.52. The van der Waals surface area contributed by atoms with E-state index in [-0.39, 0.29) is 0 Å². The van der Waals surface area contributed by atoms with E-state index in [1.807, 2.05) is 0 Å². The van der Waals surface area contributed by atoms with E-state index in [0.29, 0.717) is 11.8 Å². The molecule has 2 heterocycles. The molecule has 2 aliphatic carbocycles. The van der Waals surface area contributed by atoms with Crippen LogP contribution in [0.25, 0.3) is 0 Å². The van der Waals surface area contributed by atoms with E-state index in [1.54, 1.807) is 0 Å². The molecule has 1 saturated heterocycles. The second kappa shape index (κ2) is 5.32.